The van der Waals surface area contributed by atoms with E-state index in [-0.39, 0.29) is 17.0 Å². The minimum atomic E-state index is -3.89. The molecule has 1 saturated carbocycles. The van der Waals surface area contributed by atoms with Gasteiger partial charge in [-0.1, -0.05) is 12.8 Å². The Kier molecular flexibility index (Phi) is 4.22. The summed E-state index contributed by atoms with van der Waals surface area (Å²) in [5.74, 6) is -0.291. The van der Waals surface area contributed by atoms with Gasteiger partial charge in [-0.25, -0.2) is 13.4 Å². The van der Waals surface area contributed by atoms with E-state index in [9.17, 15) is 18.3 Å². The Hall–Kier alpha value is -1.41. The van der Waals surface area contributed by atoms with E-state index in [2.05, 4.69) is 4.98 Å². The molecule has 128 valence electrons. The quantitative estimate of drug-likeness (QED) is 0.898. The number of fused-ring (bicyclic) bond motifs is 1. The summed E-state index contributed by atoms with van der Waals surface area (Å²) in [5, 5.41) is 9.48. The van der Waals surface area contributed by atoms with Crippen molar-refractivity contribution < 1.29 is 18.3 Å². The third kappa shape index (κ3) is 2.67. The number of carboxylic acid groups (broad SMARTS) is 1. The van der Waals surface area contributed by atoms with E-state index >= 15 is 0 Å². The summed E-state index contributed by atoms with van der Waals surface area (Å²) in [5.41, 5.74) is 0. The third-order valence-corrected chi connectivity index (χ3v) is 6.96. The largest absolute Gasteiger partial charge is 0.480 e. The second-order valence-corrected chi connectivity index (χ2v) is 8.24. The molecule has 2 aliphatic rings. The first-order valence-corrected chi connectivity index (χ1v) is 9.60. The van der Waals surface area contributed by atoms with Gasteiger partial charge in [0.15, 0.2) is 5.03 Å². The summed E-state index contributed by atoms with van der Waals surface area (Å²) in [7, 11) is -3.89. The van der Waals surface area contributed by atoms with E-state index in [0.29, 0.717) is 18.8 Å². The van der Waals surface area contributed by atoms with Crippen LogP contribution in [-0.4, -0.2) is 45.4 Å². The molecule has 0 radical (unpaired) electrons. The van der Waals surface area contributed by atoms with Crippen molar-refractivity contribution in [3.8, 4) is 0 Å². The van der Waals surface area contributed by atoms with Crippen LogP contribution >= 0.6 is 0 Å². The van der Waals surface area contributed by atoms with Gasteiger partial charge in [-0.05, 0) is 39.0 Å². The number of sulfonamides is 1. The predicted molar refractivity (Wildman–Crippen MR) is 83.4 cm³/mol. The Bertz CT molecular complexity index is 712. The van der Waals surface area contributed by atoms with Crippen LogP contribution in [0.15, 0.2) is 11.2 Å². The summed E-state index contributed by atoms with van der Waals surface area (Å²) in [6.07, 6.45) is 5.56. The molecule has 3 unspecified atom stereocenters. The summed E-state index contributed by atoms with van der Waals surface area (Å²) in [6.45, 7) is 4.30. The highest BCUT2D eigenvalue weighted by atomic mass is 32.2. The number of carboxylic acids is 1. The molecule has 23 heavy (non-hydrogen) atoms. The van der Waals surface area contributed by atoms with Crippen molar-refractivity contribution in [1.29, 1.82) is 0 Å². The van der Waals surface area contributed by atoms with Gasteiger partial charge in [0.2, 0.25) is 0 Å². The van der Waals surface area contributed by atoms with Gasteiger partial charge in [0.1, 0.15) is 11.9 Å². The van der Waals surface area contributed by atoms with E-state index in [4.69, 9.17) is 0 Å². The second kappa shape index (κ2) is 5.90. The number of aromatic nitrogens is 2. The summed E-state index contributed by atoms with van der Waals surface area (Å²) >= 11 is 0. The molecule has 1 aliphatic heterocycles. The molecule has 1 aromatic heterocycles. The Morgan fingerprint density at radius 1 is 1.39 bits per heavy atom. The van der Waals surface area contributed by atoms with Crippen molar-refractivity contribution in [2.75, 3.05) is 0 Å². The number of hydrogen-bond acceptors (Lipinski definition) is 4. The molecule has 2 heterocycles. The predicted octanol–water partition coefficient (Wildman–Crippen LogP) is 1.62. The zero-order valence-corrected chi connectivity index (χ0v) is 14.3. The Morgan fingerprint density at radius 2 is 2.09 bits per heavy atom. The summed E-state index contributed by atoms with van der Waals surface area (Å²) < 4.78 is 29.1. The van der Waals surface area contributed by atoms with Gasteiger partial charge in [0.25, 0.3) is 10.0 Å². The van der Waals surface area contributed by atoms with Crippen LogP contribution in [-0.2, 0) is 21.4 Å². The molecule has 3 atom stereocenters. The standard InChI is InChI=1S/C15H23N3O4S/c1-3-17-9-14(16-10(17)2)23(21,22)18-12-7-5-4-6-11(12)8-13(18)15(19)20/h9,11-13H,3-8H2,1-2H3,(H,19,20). The molecule has 0 spiro atoms. The lowest BCUT2D eigenvalue weighted by molar-refractivity contribution is -0.141. The number of imidazole rings is 1. The molecule has 1 aliphatic carbocycles. The number of hydrogen-bond donors (Lipinski definition) is 1. The molecule has 1 aromatic rings. The van der Waals surface area contributed by atoms with Gasteiger partial charge < -0.3 is 9.67 Å². The van der Waals surface area contributed by atoms with E-state index in [1.807, 2.05) is 6.92 Å². The van der Waals surface area contributed by atoms with Crippen molar-refractivity contribution in [2.45, 2.75) is 69.6 Å². The molecule has 1 saturated heterocycles. The average Bonchev–Trinajstić information content (AvgIpc) is 3.08. The Balaban J connectivity index is 2.02. The molecule has 0 amide bonds. The van der Waals surface area contributed by atoms with Crippen LogP contribution in [0.1, 0.15) is 44.9 Å². The van der Waals surface area contributed by atoms with Gasteiger partial charge in [0, 0.05) is 18.8 Å². The van der Waals surface area contributed by atoms with E-state index in [1.54, 1.807) is 11.5 Å². The first kappa shape index (κ1) is 16.4. The zero-order chi connectivity index (χ0) is 16.8. The average molecular weight is 341 g/mol. The van der Waals surface area contributed by atoms with Gasteiger partial charge in [-0.15, -0.1) is 0 Å². The van der Waals surface area contributed by atoms with Crippen LogP contribution < -0.4 is 0 Å². The molecule has 7 nitrogen and oxygen atoms in total. The van der Waals surface area contributed by atoms with E-state index in [1.165, 1.54) is 10.5 Å². The molecule has 3 rings (SSSR count). The number of nitrogens with zero attached hydrogens (tertiary/aromatic N) is 3. The van der Waals surface area contributed by atoms with Crippen molar-refractivity contribution in [1.82, 2.24) is 13.9 Å². The topological polar surface area (TPSA) is 92.5 Å². The molecular weight excluding hydrogens is 318 g/mol. The Morgan fingerprint density at radius 3 is 2.70 bits per heavy atom. The summed E-state index contributed by atoms with van der Waals surface area (Å²) in [6, 6.07) is -1.18. The van der Waals surface area contributed by atoms with Crippen molar-refractivity contribution in [3.05, 3.63) is 12.0 Å². The smallest absolute Gasteiger partial charge is 0.322 e. The maximum atomic E-state index is 13.1. The van der Waals surface area contributed by atoms with Crippen LogP contribution in [0.4, 0.5) is 0 Å². The van der Waals surface area contributed by atoms with Crippen LogP contribution in [0, 0.1) is 12.8 Å². The fourth-order valence-electron chi connectivity index (χ4n) is 4.01. The van der Waals surface area contributed by atoms with Gasteiger partial charge in [-0.2, -0.15) is 4.31 Å². The van der Waals surface area contributed by atoms with Crippen LogP contribution in [0.5, 0.6) is 0 Å². The second-order valence-electron chi connectivity index (χ2n) is 6.45. The van der Waals surface area contributed by atoms with Gasteiger partial charge in [-0.3, -0.25) is 4.79 Å². The third-order valence-electron chi connectivity index (χ3n) is 5.15. The SMILES string of the molecule is CCn1cc(S(=O)(=O)N2C(C(=O)O)CC3CCCCC32)nc1C. The number of aliphatic carboxylic acids is 1. The highest BCUT2D eigenvalue weighted by Gasteiger charge is 2.51. The highest BCUT2D eigenvalue weighted by Crippen LogP contribution is 2.42. The van der Waals surface area contributed by atoms with E-state index < -0.39 is 22.0 Å². The maximum Gasteiger partial charge on any atom is 0.322 e. The number of aryl methyl sites for hydroxylation is 2. The maximum absolute atomic E-state index is 13.1. The molecule has 8 heteroatoms. The molecular formula is C15H23N3O4S. The van der Waals surface area contributed by atoms with E-state index in [0.717, 1.165) is 25.7 Å². The first-order valence-electron chi connectivity index (χ1n) is 8.16. The minimum Gasteiger partial charge on any atom is -0.480 e. The number of rotatable bonds is 4. The van der Waals surface area contributed by atoms with Gasteiger partial charge >= 0.3 is 5.97 Å². The fraction of sp³-hybridized carbons (Fsp3) is 0.733. The summed E-state index contributed by atoms with van der Waals surface area (Å²) in [4.78, 5) is 15.8. The number of carbonyl (C=O) groups is 1. The van der Waals surface area contributed by atoms with Crippen LogP contribution in [0.2, 0.25) is 0 Å². The minimum absolute atomic E-state index is 0.0330. The van der Waals surface area contributed by atoms with Crippen molar-refractivity contribution in [3.63, 3.8) is 0 Å². The highest BCUT2D eigenvalue weighted by molar-refractivity contribution is 7.89. The lowest BCUT2D eigenvalue weighted by Gasteiger charge is -2.31. The first-order chi connectivity index (χ1) is 10.9. The van der Waals surface area contributed by atoms with Crippen LogP contribution in [0.3, 0.4) is 0 Å². The molecule has 0 aromatic carbocycles. The van der Waals surface area contributed by atoms with Gasteiger partial charge in [0.05, 0.1) is 0 Å². The molecule has 1 N–H and O–H groups in total. The molecule has 0 bridgehead atoms. The van der Waals surface area contributed by atoms with Crippen LogP contribution in [0.25, 0.3) is 0 Å². The van der Waals surface area contributed by atoms with Crippen molar-refractivity contribution in [2.24, 2.45) is 5.92 Å². The molecule has 2 fully saturated rings. The lowest BCUT2D eigenvalue weighted by Crippen LogP contribution is -2.46. The monoisotopic (exact) mass is 341 g/mol. The van der Waals surface area contributed by atoms with Crippen molar-refractivity contribution >= 4 is 16.0 Å². The normalized spacial score (nSPS) is 28.7. The lowest BCUT2D eigenvalue weighted by atomic mass is 9.85. The fourth-order valence-corrected chi connectivity index (χ4v) is 5.88. The zero-order valence-electron chi connectivity index (χ0n) is 13.5. The Labute approximate surface area is 136 Å².